The monoisotopic (exact) mass is 375 g/mol. The van der Waals surface area contributed by atoms with E-state index in [2.05, 4.69) is 10.2 Å². The van der Waals surface area contributed by atoms with Crippen molar-refractivity contribution >= 4 is 40.6 Å². The molecule has 0 bridgehead atoms. The highest BCUT2D eigenvalue weighted by atomic mass is 35.5. The molecule has 4 nitrogen and oxygen atoms in total. The summed E-state index contributed by atoms with van der Waals surface area (Å²) in [5, 5.41) is 19.2. The average molecular weight is 376 g/mol. The number of benzene rings is 1. The molecular weight excluding hydrogens is 367 g/mol. The molecule has 0 saturated heterocycles. The van der Waals surface area contributed by atoms with Crippen molar-refractivity contribution in [2.45, 2.75) is 11.3 Å². The maximum atomic E-state index is 13.6. The van der Waals surface area contributed by atoms with Gasteiger partial charge in [0.05, 0.1) is 16.1 Å². The molecule has 3 rings (SSSR count). The fraction of sp³-hybridized carbons (Fsp3) is 0.143. The molecule has 0 radical (unpaired) electrons. The third-order valence-electron chi connectivity index (χ3n) is 3.09. The van der Waals surface area contributed by atoms with Crippen LogP contribution >= 0.6 is 35.0 Å². The van der Waals surface area contributed by atoms with Crippen molar-refractivity contribution in [1.29, 1.82) is 0 Å². The zero-order valence-corrected chi connectivity index (χ0v) is 13.7. The van der Waals surface area contributed by atoms with E-state index in [0.717, 1.165) is 23.9 Å². The summed E-state index contributed by atoms with van der Waals surface area (Å²) < 4.78 is 28.1. The molecule has 0 amide bonds. The fourth-order valence-corrected chi connectivity index (χ4v) is 3.39. The minimum atomic E-state index is -1.12. The van der Waals surface area contributed by atoms with Gasteiger partial charge in [-0.3, -0.25) is 4.40 Å². The number of thioether (sulfide) groups is 1. The van der Waals surface area contributed by atoms with Gasteiger partial charge in [-0.2, -0.15) is 0 Å². The smallest absolute Gasteiger partial charge is 0.195 e. The molecule has 0 aliphatic rings. The van der Waals surface area contributed by atoms with Crippen molar-refractivity contribution in [2.75, 3.05) is 5.75 Å². The number of nitrogens with zero attached hydrogens (tertiary/aromatic N) is 3. The van der Waals surface area contributed by atoms with Gasteiger partial charge >= 0.3 is 0 Å². The van der Waals surface area contributed by atoms with E-state index in [0.29, 0.717) is 20.8 Å². The summed E-state index contributed by atoms with van der Waals surface area (Å²) in [4.78, 5) is 0. The van der Waals surface area contributed by atoms with Gasteiger partial charge in [0, 0.05) is 23.6 Å². The Morgan fingerprint density at radius 2 is 2.00 bits per heavy atom. The quantitative estimate of drug-likeness (QED) is 0.696. The van der Waals surface area contributed by atoms with Gasteiger partial charge in [0.25, 0.3) is 0 Å². The zero-order chi connectivity index (χ0) is 16.6. The third-order valence-corrected chi connectivity index (χ3v) is 4.59. The summed E-state index contributed by atoms with van der Waals surface area (Å²) >= 11 is 13.1. The minimum Gasteiger partial charge on any atom is -0.387 e. The van der Waals surface area contributed by atoms with Crippen LogP contribution in [0.5, 0.6) is 0 Å². The number of aliphatic hydroxyl groups is 1. The van der Waals surface area contributed by atoms with Gasteiger partial charge in [-0.15, -0.1) is 10.2 Å². The van der Waals surface area contributed by atoms with E-state index in [-0.39, 0.29) is 11.3 Å². The van der Waals surface area contributed by atoms with E-state index in [1.54, 1.807) is 16.7 Å². The molecule has 0 aliphatic heterocycles. The maximum Gasteiger partial charge on any atom is 0.195 e. The summed E-state index contributed by atoms with van der Waals surface area (Å²) in [7, 11) is 0. The van der Waals surface area contributed by atoms with Crippen molar-refractivity contribution < 1.29 is 13.9 Å². The Hall–Kier alpha value is -1.41. The van der Waals surface area contributed by atoms with Gasteiger partial charge in [0.15, 0.2) is 10.8 Å². The van der Waals surface area contributed by atoms with E-state index in [1.807, 2.05) is 0 Å². The van der Waals surface area contributed by atoms with Crippen LogP contribution in [-0.2, 0) is 0 Å². The largest absolute Gasteiger partial charge is 0.387 e. The highest BCUT2D eigenvalue weighted by molar-refractivity contribution is 7.99. The molecule has 2 heterocycles. The second-order valence-corrected chi connectivity index (χ2v) is 6.51. The van der Waals surface area contributed by atoms with Crippen LogP contribution < -0.4 is 0 Å². The lowest BCUT2D eigenvalue weighted by atomic mass is 10.1. The van der Waals surface area contributed by atoms with Crippen LogP contribution in [0.25, 0.3) is 5.65 Å². The summed E-state index contributed by atoms with van der Waals surface area (Å²) in [5.41, 5.74) is 0.449. The summed E-state index contributed by atoms with van der Waals surface area (Å²) in [6, 6.07) is 4.59. The number of hydrogen-bond donors (Lipinski definition) is 1. The van der Waals surface area contributed by atoms with Crippen LogP contribution in [0.2, 0.25) is 10.0 Å². The van der Waals surface area contributed by atoms with Crippen molar-refractivity contribution in [3.8, 4) is 0 Å². The summed E-state index contributed by atoms with van der Waals surface area (Å²) in [6.07, 6.45) is 0.471. The molecule has 0 unspecified atom stereocenters. The van der Waals surface area contributed by atoms with Crippen LogP contribution in [0.4, 0.5) is 8.78 Å². The molecular formula is C14H9Cl2F2N3OS. The van der Waals surface area contributed by atoms with Gasteiger partial charge in [-0.05, 0) is 12.1 Å². The first-order valence-electron chi connectivity index (χ1n) is 6.41. The first-order chi connectivity index (χ1) is 11.0. The fourth-order valence-electron chi connectivity index (χ4n) is 2.02. The average Bonchev–Trinajstić information content (AvgIpc) is 2.88. The second kappa shape index (κ2) is 6.60. The molecule has 120 valence electrons. The van der Waals surface area contributed by atoms with Crippen LogP contribution in [0.15, 0.2) is 35.6 Å². The zero-order valence-electron chi connectivity index (χ0n) is 11.4. The van der Waals surface area contributed by atoms with Gasteiger partial charge < -0.3 is 5.11 Å². The van der Waals surface area contributed by atoms with Gasteiger partial charge in [-0.25, -0.2) is 8.78 Å². The lowest BCUT2D eigenvalue weighted by Crippen LogP contribution is -2.04. The Morgan fingerprint density at radius 3 is 2.74 bits per heavy atom. The van der Waals surface area contributed by atoms with Crippen molar-refractivity contribution in [3.05, 3.63) is 57.7 Å². The first kappa shape index (κ1) is 16.4. The maximum absolute atomic E-state index is 13.6. The van der Waals surface area contributed by atoms with E-state index in [4.69, 9.17) is 23.2 Å². The second-order valence-electron chi connectivity index (χ2n) is 4.68. The predicted octanol–water partition coefficient (Wildman–Crippen LogP) is 4.14. The van der Waals surface area contributed by atoms with E-state index >= 15 is 0 Å². The van der Waals surface area contributed by atoms with Crippen LogP contribution in [0, 0.1) is 11.6 Å². The number of halogens is 4. The van der Waals surface area contributed by atoms with E-state index in [1.165, 1.54) is 6.07 Å². The Bertz CT molecular complexity index is 875. The van der Waals surface area contributed by atoms with E-state index in [9.17, 15) is 13.9 Å². The summed E-state index contributed by atoms with van der Waals surface area (Å²) in [5.74, 6) is -1.39. The minimum absolute atomic E-state index is 0.0174. The normalized spacial score (nSPS) is 12.7. The van der Waals surface area contributed by atoms with Crippen molar-refractivity contribution in [1.82, 2.24) is 14.6 Å². The van der Waals surface area contributed by atoms with Gasteiger partial charge in [-0.1, -0.05) is 41.0 Å². The molecule has 0 fully saturated rings. The molecule has 3 aromatic rings. The van der Waals surface area contributed by atoms with Gasteiger partial charge in [0.2, 0.25) is 0 Å². The molecule has 23 heavy (non-hydrogen) atoms. The Kier molecular flexibility index (Phi) is 4.72. The lowest BCUT2D eigenvalue weighted by molar-refractivity contribution is 0.198. The highest BCUT2D eigenvalue weighted by Gasteiger charge is 2.16. The van der Waals surface area contributed by atoms with E-state index < -0.39 is 17.7 Å². The number of pyridine rings is 1. The Morgan fingerprint density at radius 1 is 1.22 bits per heavy atom. The molecule has 1 N–H and O–H groups in total. The standard InChI is InChI=1S/C14H9Cl2F2N3OS/c15-7-3-10(16)13-19-20-14(21(13)5-7)23-6-12(22)9-2-1-8(17)4-11(9)18/h1-5,12,22H,6H2/t12-/m0/s1. The van der Waals surface area contributed by atoms with Crippen LogP contribution in [0.1, 0.15) is 11.7 Å². The van der Waals surface area contributed by atoms with Gasteiger partial charge in [0.1, 0.15) is 11.6 Å². The number of rotatable bonds is 4. The van der Waals surface area contributed by atoms with Crippen LogP contribution in [0.3, 0.4) is 0 Å². The molecule has 9 heteroatoms. The highest BCUT2D eigenvalue weighted by Crippen LogP contribution is 2.28. The van der Waals surface area contributed by atoms with Crippen molar-refractivity contribution in [2.24, 2.45) is 0 Å². The molecule has 2 aromatic heterocycles. The van der Waals surface area contributed by atoms with Crippen LogP contribution in [-0.4, -0.2) is 25.5 Å². The molecule has 0 saturated carbocycles. The number of hydrogen-bond acceptors (Lipinski definition) is 4. The predicted molar refractivity (Wildman–Crippen MR) is 85.0 cm³/mol. The lowest BCUT2D eigenvalue weighted by Gasteiger charge is -2.11. The summed E-state index contributed by atoms with van der Waals surface area (Å²) in [6.45, 7) is 0. The molecule has 0 spiro atoms. The molecule has 1 aromatic carbocycles. The van der Waals surface area contributed by atoms with Crippen molar-refractivity contribution in [3.63, 3.8) is 0 Å². The number of fused-ring (bicyclic) bond motifs is 1. The molecule has 1 atom stereocenters. The SMILES string of the molecule is O[C@@H](CSc1nnc2c(Cl)cc(Cl)cn12)c1ccc(F)cc1F. The number of aliphatic hydroxyl groups excluding tert-OH is 1. The molecule has 0 aliphatic carbocycles. The Balaban J connectivity index is 1.80. The number of aromatic nitrogens is 3. The first-order valence-corrected chi connectivity index (χ1v) is 8.15. The topological polar surface area (TPSA) is 50.4 Å². The Labute approximate surface area is 144 Å². The third kappa shape index (κ3) is 3.42.